The molecule has 2 atom stereocenters. The van der Waals surface area contributed by atoms with Crippen molar-refractivity contribution in [3.05, 3.63) is 55.4 Å². The molecule has 0 radical (unpaired) electrons. The summed E-state index contributed by atoms with van der Waals surface area (Å²) in [4.78, 5) is 49.4. The van der Waals surface area contributed by atoms with Gasteiger partial charge in [-0.05, 0) is 50.4 Å². The number of benzene rings is 1. The van der Waals surface area contributed by atoms with Gasteiger partial charge >= 0.3 is 17.7 Å². The number of piperazine rings is 1. The number of fused-ring (bicyclic) bond motifs is 1. The van der Waals surface area contributed by atoms with Crippen LogP contribution in [0.15, 0.2) is 18.2 Å². The maximum atomic E-state index is 13.3. The van der Waals surface area contributed by atoms with Crippen LogP contribution in [0.1, 0.15) is 44.0 Å². The minimum absolute atomic E-state index is 0.0392. The maximum absolute atomic E-state index is 13.3. The maximum Gasteiger partial charge on any atom is 0.410 e. The molecule has 1 unspecified atom stereocenters. The minimum Gasteiger partial charge on any atom is -0.467 e. The third-order valence-corrected chi connectivity index (χ3v) is 7.54. The van der Waals surface area contributed by atoms with Gasteiger partial charge in [-0.1, -0.05) is 23.7 Å². The van der Waals surface area contributed by atoms with E-state index in [-0.39, 0.29) is 49.5 Å². The second-order valence-electron chi connectivity index (χ2n) is 10.9. The van der Waals surface area contributed by atoms with Crippen molar-refractivity contribution in [2.75, 3.05) is 38.3 Å². The summed E-state index contributed by atoms with van der Waals surface area (Å²) in [6, 6.07) is 6.42. The molecule has 13 nitrogen and oxygen atoms in total. The fourth-order valence-electron chi connectivity index (χ4n) is 5.26. The van der Waals surface area contributed by atoms with Gasteiger partial charge in [0.1, 0.15) is 11.3 Å². The molecule has 0 N–H and O–H groups in total. The summed E-state index contributed by atoms with van der Waals surface area (Å²) in [6.45, 7) is 5.58. The van der Waals surface area contributed by atoms with Crippen molar-refractivity contribution in [1.82, 2.24) is 14.9 Å². The van der Waals surface area contributed by atoms with Crippen molar-refractivity contribution in [2.45, 2.75) is 57.3 Å². The van der Waals surface area contributed by atoms with Crippen LogP contribution in [0.4, 0.5) is 16.3 Å². The Kier molecular flexibility index (Phi) is 9.10. The number of hydrogen-bond donors (Lipinski definition) is 0. The van der Waals surface area contributed by atoms with Crippen molar-refractivity contribution >= 4 is 46.8 Å². The van der Waals surface area contributed by atoms with Gasteiger partial charge in [-0.3, -0.25) is 10.1 Å². The summed E-state index contributed by atoms with van der Waals surface area (Å²) in [5, 5.41) is 22.1. The summed E-state index contributed by atoms with van der Waals surface area (Å²) in [5.41, 5.74) is -2.10. The molecule has 1 aromatic carbocycles. The van der Waals surface area contributed by atoms with E-state index in [1.54, 1.807) is 43.9 Å². The number of carbonyl (C=O) groups excluding carboxylic acids is 2. The number of carbonyl (C=O) groups is 2. The Morgan fingerprint density at radius 3 is 2.67 bits per heavy atom. The van der Waals surface area contributed by atoms with Crippen LogP contribution in [0.2, 0.25) is 10.3 Å². The zero-order chi connectivity index (χ0) is 30.8. The summed E-state index contributed by atoms with van der Waals surface area (Å²) < 4.78 is 16.6. The van der Waals surface area contributed by atoms with Crippen LogP contribution in [0.25, 0.3) is 0 Å². The monoisotopic (exact) mass is 620 g/mol. The highest BCUT2D eigenvalue weighted by molar-refractivity contribution is 6.31. The fraction of sp³-hybridized carbons (Fsp3) is 0.519. The lowest BCUT2D eigenvalue weighted by Crippen LogP contribution is -2.56. The van der Waals surface area contributed by atoms with Crippen LogP contribution in [0.5, 0.6) is 0 Å². The van der Waals surface area contributed by atoms with Crippen LogP contribution in [0, 0.1) is 21.4 Å². The molecule has 2 aliphatic rings. The van der Waals surface area contributed by atoms with E-state index in [0.717, 1.165) is 0 Å². The lowest BCUT2D eigenvalue weighted by atomic mass is 9.82. The van der Waals surface area contributed by atoms with Gasteiger partial charge in [0.2, 0.25) is 11.1 Å². The predicted octanol–water partition coefficient (Wildman–Crippen LogP) is 4.21. The highest BCUT2D eigenvalue weighted by Crippen LogP contribution is 2.42. The van der Waals surface area contributed by atoms with Gasteiger partial charge in [-0.25, -0.2) is 14.6 Å². The van der Waals surface area contributed by atoms with Gasteiger partial charge in [-0.2, -0.15) is 10.2 Å². The number of methoxy groups -OCH3 is 1. The largest absolute Gasteiger partial charge is 0.467 e. The fourth-order valence-corrected chi connectivity index (χ4v) is 5.71. The molecule has 2 aromatic rings. The molecule has 0 aliphatic carbocycles. The highest BCUT2D eigenvalue weighted by atomic mass is 35.5. The van der Waals surface area contributed by atoms with Gasteiger partial charge in [0.25, 0.3) is 0 Å². The third-order valence-electron chi connectivity index (χ3n) is 7.02. The Hall–Kier alpha value is -3.73. The number of rotatable bonds is 6. The van der Waals surface area contributed by atoms with Crippen molar-refractivity contribution in [3.63, 3.8) is 0 Å². The van der Waals surface area contributed by atoms with Gasteiger partial charge in [0, 0.05) is 36.6 Å². The topological polar surface area (TPSA) is 161 Å². The van der Waals surface area contributed by atoms with Gasteiger partial charge in [0.05, 0.1) is 37.2 Å². The summed E-state index contributed by atoms with van der Waals surface area (Å²) >= 11 is 12.7. The van der Waals surface area contributed by atoms with Crippen LogP contribution < -0.4 is 4.90 Å². The Balaban J connectivity index is 1.77. The molecule has 15 heteroatoms. The molecule has 42 heavy (non-hydrogen) atoms. The Morgan fingerprint density at radius 1 is 1.29 bits per heavy atom. The van der Waals surface area contributed by atoms with Gasteiger partial charge < -0.3 is 24.0 Å². The first-order valence-electron chi connectivity index (χ1n) is 13.1. The van der Waals surface area contributed by atoms with E-state index in [4.69, 9.17) is 37.4 Å². The van der Waals surface area contributed by atoms with Crippen LogP contribution in [-0.2, 0) is 37.4 Å². The summed E-state index contributed by atoms with van der Waals surface area (Å²) in [6.07, 6.45) is -0.608. The van der Waals surface area contributed by atoms with Crippen LogP contribution in [0.3, 0.4) is 0 Å². The van der Waals surface area contributed by atoms with E-state index >= 15 is 0 Å². The summed E-state index contributed by atoms with van der Waals surface area (Å²) in [5.74, 6) is -0.889. The molecule has 1 aromatic heterocycles. The average Bonchev–Trinajstić information content (AvgIpc) is 2.91. The normalized spacial score (nSPS) is 20.4. The smallest absolute Gasteiger partial charge is 0.410 e. The molecule has 0 spiro atoms. The van der Waals surface area contributed by atoms with Crippen LogP contribution in [-0.4, -0.2) is 76.8 Å². The molecule has 1 amide bonds. The standard InChI is InChI=1S/C27H30Cl2N6O7/c1-26(2,3)42-25(37)34-12-11-33(15-16(34)8-10-30)22-21(35(38)39)20(31-24(29)32-22)14-27(23(36)40-4)18-6-5-7-19(28)17(18)9-13-41-27/h5-7,16H,8-9,11-15H2,1-4H3/t16-,27?/m0/s1. The molecule has 1 fully saturated rings. The van der Waals surface area contributed by atoms with Crippen molar-refractivity contribution in [1.29, 1.82) is 5.26 Å². The highest BCUT2D eigenvalue weighted by Gasteiger charge is 2.49. The van der Waals surface area contributed by atoms with E-state index in [0.29, 0.717) is 22.6 Å². The molecule has 3 heterocycles. The zero-order valence-electron chi connectivity index (χ0n) is 23.6. The van der Waals surface area contributed by atoms with E-state index in [1.807, 2.05) is 0 Å². The Morgan fingerprint density at radius 2 is 2.02 bits per heavy atom. The SMILES string of the molecule is COC(=O)C1(Cc2nc(Cl)nc(N3CCN(C(=O)OC(C)(C)C)[C@@H](CC#N)C3)c2[N+](=O)[O-])OCCc2c(Cl)cccc21. The predicted molar refractivity (Wildman–Crippen MR) is 151 cm³/mol. The number of aromatic nitrogens is 2. The average molecular weight is 621 g/mol. The second kappa shape index (κ2) is 12.2. The Labute approximate surface area is 252 Å². The molecular weight excluding hydrogens is 591 g/mol. The van der Waals surface area contributed by atoms with Crippen LogP contribution >= 0.6 is 23.2 Å². The van der Waals surface area contributed by atoms with Crippen molar-refractivity contribution in [3.8, 4) is 6.07 Å². The van der Waals surface area contributed by atoms with Crippen molar-refractivity contribution < 1.29 is 28.7 Å². The number of amides is 1. The first kappa shape index (κ1) is 31.2. The Bertz CT molecular complexity index is 1440. The van der Waals surface area contributed by atoms with E-state index in [1.165, 1.54) is 12.0 Å². The van der Waals surface area contributed by atoms with E-state index in [9.17, 15) is 25.0 Å². The molecule has 0 saturated carbocycles. The molecule has 1 saturated heterocycles. The van der Waals surface area contributed by atoms with Gasteiger partial charge in [-0.15, -0.1) is 0 Å². The summed E-state index contributed by atoms with van der Waals surface area (Å²) in [7, 11) is 1.19. The lowest BCUT2D eigenvalue weighted by molar-refractivity contribution is -0.385. The number of esters is 1. The number of anilines is 1. The number of nitriles is 1. The molecule has 0 bridgehead atoms. The second-order valence-corrected chi connectivity index (χ2v) is 11.6. The zero-order valence-corrected chi connectivity index (χ0v) is 25.1. The lowest BCUT2D eigenvalue weighted by Gasteiger charge is -2.41. The molecular formula is C27H30Cl2N6O7. The quantitative estimate of drug-likeness (QED) is 0.197. The van der Waals surface area contributed by atoms with E-state index in [2.05, 4.69) is 16.0 Å². The van der Waals surface area contributed by atoms with Crippen molar-refractivity contribution in [2.24, 2.45) is 0 Å². The first-order valence-corrected chi connectivity index (χ1v) is 13.9. The van der Waals surface area contributed by atoms with Gasteiger partial charge in [0.15, 0.2) is 5.60 Å². The first-order chi connectivity index (χ1) is 19.8. The third kappa shape index (κ3) is 6.21. The minimum atomic E-state index is -1.79. The molecule has 4 rings (SSSR count). The van der Waals surface area contributed by atoms with E-state index < -0.39 is 46.3 Å². The number of nitrogens with zero attached hydrogens (tertiary/aromatic N) is 6. The molecule has 2 aliphatic heterocycles. The number of nitro groups is 1. The molecule has 224 valence electrons. The number of ether oxygens (including phenoxy) is 3. The number of halogens is 2. The number of hydrogen-bond acceptors (Lipinski definition) is 11.